The molecule has 1 amide bonds. The number of hydrogen-bond donors (Lipinski definition) is 3. The molecule has 2 heterocycles. The van der Waals surface area contributed by atoms with Crippen LogP contribution in [0.2, 0.25) is 0 Å². The van der Waals surface area contributed by atoms with Gasteiger partial charge in [0.05, 0.1) is 12.6 Å². The van der Waals surface area contributed by atoms with Crippen LogP contribution in [-0.2, 0) is 17.9 Å². The molecule has 2 aromatic heterocycles. The lowest BCUT2D eigenvalue weighted by Gasteiger charge is -2.08. The van der Waals surface area contributed by atoms with Gasteiger partial charge in [0.15, 0.2) is 4.77 Å². The van der Waals surface area contributed by atoms with Gasteiger partial charge in [-0.15, -0.1) is 0 Å². The van der Waals surface area contributed by atoms with Crippen molar-refractivity contribution < 1.29 is 13.9 Å². The van der Waals surface area contributed by atoms with Crippen molar-refractivity contribution in [3.63, 3.8) is 0 Å². The summed E-state index contributed by atoms with van der Waals surface area (Å²) in [5.74, 6) is -0.0719. The van der Waals surface area contributed by atoms with E-state index in [4.69, 9.17) is 17.0 Å². The zero-order chi connectivity index (χ0) is 20.5. The number of rotatable bonds is 5. The summed E-state index contributed by atoms with van der Waals surface area (Å²) >= 11 is 5.31. The lowest BCUT2D eigenvalue weighted by atomic mass is 10.2. The first-order chi connectivity index (χ1) is 14.0. The van der Waals surface area contributed by atoms with Crippen molar-refractivity contribution in [3.05, 3.63) is 69.0 Å². The second-order valence-electron chi connectivity index (χ2n) is 6.51. The zero-order valence-electron chi connectivity index (χ0n) is 15.4. The molecule has 9 heteroatoms. The second-order valence-corrected chi connectivity index (χ2v) is 6.90. The quantitative estimate of drug-likeness (QED) is 0.440. The lowest BCUT2D eigenvalue weighted by Crippen LogP contribution is -2.33. The number of fused-ring (bicyclic) bond motifs is 3. The summed E-state index contributed by atoms with van der Waals surface area (Å²) in [5.41, 5.74) is 2.00. The Bertz CT molecular complexity index is 1340. The van der Waals surface area contributed by atoms with Crippen LogP contribution in [0.1, 0.15) is 5.56 Å². The van der Waals surface area contributed by atoms with E-state index in [1.54, 1.807) is 31.4 Å². The van der Waals surface area contributed by atoms with Crippen LogP contribution in [0.3, 0.4) is 0 Å². The Balaban J connectivity index is 1.62. The van der Waals surface area contributed by atoms with Gasteiger partial charge in [-0.2, -0.15) is 0 Å². The predicted molar refractivity (Wildman–Crippen MR) is 110 cm³/mol. The maximum Gasteiger partial charge on any atom is 0.279 e. The maximum atomic E-state index is 13.0. The van der Waals surface area contributed by atoms with E-state index >= 15 is 0 Å². The van der Waals surface area contributed by atoms with E-state index in [-0.39, 0.29) is 29.6 Å². The Hall–Kier alpha value is -3.46. The summed E-state index contributed by atoms with van der Waals surface area (Å²) in [5, 5.41) is 3.48. The molecule has 7 nitrogen and oxygen atoms in total. The minimum atomic E-state index is -0.393. The van der Waals surface area contributed by atoms with Crippen LogP contribution < -0.4 is 15.6 Å². The van der Waals surface area contributed by atoms with Gasteiger partial charge in [0, 0.05) is 17.4 Å². The molecule has 0 saturated heterocycles. The van der Waals surface area contributed by atoms with Crippen molar-refractivity contribution in [1.29, 1.82) is 0 Å². The molecule has 3 N–H and O–H groups in total. The van der Waals surface area contributed by atoms with Gasteiger partial charge < -0.3 is 20.0 Å². The third-order valence-corrected chi connectivity index (χ3v) is 4.97. The number of nitrogens with one attached hydrogen (secondary N) is 3. The number of hydrogen-bond acceptors (Lipinski definition) is 4. The summed E-state index contributed by atoms with van der Waals surface area (Å²) in [6.45, 7) is -0.0112. The molecule has 148 valence electrons. The Morgan fingerprint density at radius 3 is 2.66 bits per heavy atom. The smallest absolute Gasteiger partial charge is 0.279 e. The molecule has 0 fully saturated rings. The highest BCUT2D eigenvalue weighted by Gasteiger charge is 2.14. The number of benzene rings is 2. The van der Waals surface area contributed by atoms with E-state index in [2.05, 4.69) is 15.3 Å². The van der Waals surface area contributed by atoms with E-state index in [0.717, 1.165) is 16.5 Å². The summed E-state index contributed by atoms with van der Waals surface area (Å²) in [4.78, 5) is 31.3. The molecule has 0 aliphatic carbocycles. The van der Waals surface area contributed by atoms with Gasteiger partial charge in [-0.05, 0) is 48.1 Å². The van der Waals surface area contributed by atoms with E-state index in [9.17, 15) is 14.0 Å². The number of carbonyl (C=O) groups is 1. The maximum absolute atomic E-state index is 13.0. The van der Waals surface area contributed by atoms with Gasteiger partial charge in [-0.25, -0.2) is 4.39 Å². The third kappa shape index (κ3) is 3.64. The summed E-state index contributed by atoms with van der Waals surface area (Å²) in [6.07, 6.45) is 0. The molecule has 4 aromatic rings. The fourth-order valence-electron chi connectivity index (χ4n) is 3.14. The standard InChI is InChI=1S/C20H17FN4O3S/c1-28-13-6-7-15-14(8-13)17-18(23-15)19(27)25(20(29)24-17)10-16(26)22-9-11-2-4-12(21)5-3-11/h2-8,23H,9-10H2,1H3,(H,22,26)(H,24,29). The first kappa shape index (κ1) is 18.9. The van der Waals surface area contributed by atoms with Gasteiger partial charge in [-0.1, -0.05) is 12.1 Å². The monoisotopic (exact) mass is 412 g/mol. The van der Waals surface area contributed by atoms with E-state index in [0.29, 0.717) is 16.8 Å². The summed E-state index contributed by atoms with van der Waals surface area (Å²) in [7, 11) is 1.57. The number of amides is 1. The number of methoxy groups -OCH3 is 1. The second kappa shape index (κ2) is 7.51. The molecule has 0 saturated carbocycles. The minimum absolute atomic E-state index is 0.142. The molecular weight excluding hydrogens is 395 g/mol. The molecule has 0 unspecified atom stereocenters. The van der Waals surface area contributed by atoms with Crippen molar-refractivity contribution in [3.8, 4) is 5.75 Å². The first-order valence-corrected chi connectivity index (χ1v) is 9.21. The number of halogens is 1. The average Bonchev–Trinajstić information content (AvgIpc) is 3.08. The number of H-pyrrole nitrogens is 2. The molecule has 4 rings (SSSR count). The lowest BCUT2D eigenvalue weighted by molar-refractivity contribution is -0.121. The number of nitrogens with zero attached hydrogens (tertiary/aromatic N) is 1. The van der Waals surface area contributed by atoms with E-state index in [1.165, 1.54) is 16.7 Å². The van der Waals surface area contributed by atoms with Gasteiger partial charge in [-0.3, -0.25) is 14.2 Å². The average molecular weight is 412 g/mol. The Morgan fingerprint density at radius 2 is 1.93 bits per heavy atom. The van der Waals surface area contributed by atoms with Gasteiger partial charge in [0.2, 0.25) is 5.91 Å². The van der Waals surface area contributed by atoms with Gasteiger partial charge in [0.25, 0.3) is 5.56 Å². The minimum Gasteiger partial charge on any atom is -0.497 e. The van der Waals surface area contributed by atoms with Crippen LogP contribution in [0.4, 0.5) is 4.39 Å². The van der Waals surface area contributed by atoms with Crippen molar-refractivity contribution in [2.45, 2.75) is 13.1 Å². The number of carbonyl (C=O) groups excluding carboxylic acids is 1. The van der Waals surface area contributed by atoms with Gasteiger partial charge >= 0.3 is 0 Å². The first-order valence-electron chi connectivity index (χ1n) is 8.80. The van der Waals surface area contributed by atoms with E-state index in [1.807, 2.05) is 6.07 Å². The fourth-order valence-corrected chi connectivity index (χ4v) is 3.39. The molecule has 0 bridgehead atoms. The van der Waals surface area contributed by atoms with E-state index < -0.39 is 5.56 Å². The van der Waals surface area contributed by atoms with Crippen LogP contribution in [0.15, 0.2) is 47.3 Å². The third-order valence-electron chi connectivity index (χ3n) is 4.65. The number of aromatic nitrogens is 3. The van der Waals surface area contributed by atoms with Crippen molar-refractivity contribution >= 4 is 40.1 Å². The topological polar surface area (TPSA) is 91.9 Å². The molecule has 0 atom stereocenters. The van der Waals surface area contributed by atoms with Crippen molar-refractivity contribution in [2.75, 3.05) is 7.11 Å². The van der Waals surface area contributed by atoms with Crippen molar-refractivity contribution in [1.82, 2.24) is 19.9 Å². The Kier molecular flexibility index (Phi) is 4.89. The van der Waals surface area contributed by atoms with Gasteiger partial charge in [0.1, 0.15) is 23.6 Å². The van der Waals surface area contributed by atoms with Crippen LogP contribution in [0.25, 0.3) is 21.9 Å². The molecule has 0 aliphatic rings. The number of aromatic amines is 2. The van der Waals surface area contributed by atoms with Crippen molar-refractivity contribution in [2.24, 2.45) is 0 Å². The zero-order valence-corrected chi connectivity index (χ0v) is 16.2. The van der Waals surface area contributed by atoms with Crippen LogP contribution in [-0.4, -0.2) is 27.6 Å². The molecule has 0 aliphatic heterocycles. The molecule has 2 aromatic carbocycles. The Labute approximate surface area is 169 Å². The summed E-state index contributed by atoms with van der Waals surface area (Å²) in [6, 6.07) is 11.2. The summed E-state index contributed by atoms with van der Waals surface area (Å²) < 4.78 is 19.5. The normalized spacial score (nSPS) is 11.1. The fraction of sp³-hybridized carbons (Fsp3) is 0.150. The highest BCUT2D eigenvalue weighted by atomic mass is 32.1. The predicted octanol–water partition coefficient (Wildman–Crippen LogP) is 3.00. The highest BCUT2D eigenvalue weighted by molar-refractivity contribution is 7.71. The van der Waals surface area contributed by atoms with Crippen LogP contribution in [0, 0.1) is 10.6 Å². The molecule has 29 heavy (non-hydrogen) atoms. The Morgan fingerprint density at radius 1 is 1.17 bits per heavy atom. The largest absolute Gasteiger partial charge is 0.497 e. The molecule has 0 radical (unpaired) electrons. The SMILES string of the molecule is COc1ccc2[nH]c3c(=O)n(CC(=O)NCc4ccc(F)cc4)c(=S)[nH]c3c2c1. The van der Waals surface area contributed by atoms with Crippen LogP contribution >= 0.6 is 12.2 Å². The highest BCUT2D eigenvalue weighted by Crippen LogP contribution is 2.25. The number of ether oxygens (including phenoxy) is 1. The molecule has 0 spiro atoms. The van der Waals surface area contributed by atoms with Crippen LogP contribution in [0.5, 0.6) is 5.75 Å². The molecular formula is C20H17FN4O3S.